The zero-order valence-electron chi connectivity index (χ0n) is 13.6. The average molecular weight is 276 g/mol. The van der Waals surface area contributed by atoms with Gasteiger partial charge in [0.25, 0.3) is 0 Å². The maximum Gasteiger partial charge on any atom is 0.119 e. The van der Waals surface area contributed by atoms with Crippen LogP contribution in [-0.2, 0) is 6.42 Å². The highest BCUT2D eigenvalue weighted by atomic mass is 16.5. The van der Waals surface area contributed by atoms with Crippen molar-refractivity contribution in [2.45, 2.75) is 45.3 Å². The monoisotopic (exact) mass is 276 g/mol. The average Bonchev–Trinajstić information content (AvgIpc) is 2.82. The molecule has 1 aromatic rings. The molecule has 112 valence electrons. The lowest BCUT2D eigenvalue weighted by Crippen LogP contribution is -2.46. The number of methoxy groups -OCH3 is 1. The first-order valence-electron chi connectivity index (χ1n) is 7.55. The van der Waals surface area contributed by atoms with Gasteiger partial charge in [-0.3, -0.25) is 4.90 Å². The van der Waals surface area contributed by atoms with E-state index < -0.39 is 0 Å². The molecule has 0 fully saturated rings. The minimum atomic E-state index is 0.381. The normalized spacial score (nSPS) is 23.2. The summed E-state index contributed by atoms with van der Waals surface area (Å²) in [6, 6.07) is 7.94. The van der Waals surface area contributed by atoms with Gasteiger partial charge >= 0.3 is 0 Å². The maximum absolute atomic E-state index is 5.37. The fraction of sp³-hybridized carbons (Fsp3) is 0.647. The Morgan fingerprint density at radius 1 is 1.30 bits per heavy atom. The second-order valence-electron chi connectivity index (χ2n) is 6.25. The maximum atomic E-state index is 5.37. The van der Waals surface area contributed by atoms with E-state index in [1.54, 1.807) is 7.11 Å². The van der Waals surface area contributed by atoms with Crippen LogP contribution in [0.15, 0.2) is 18.2 Å². The van der Waals surface area contributed by atoms with E-state index in [0.29, 0.717) is 24.0 Å². The van der Waals surface area contributed by atoms with E-state index in [4.69, 9.17) is 4.74 Å². The first-order chi connectivity index (χ1) is 9.49. The van der Waals surface area contributed by atoms with Gasteiger partial charge in [-0.15, -0.1) is 0 Å². The van der Waals surface area contributed by atoms with E-state index in [2.05, 4.69) is 63.3 Å². The fourth-order valence-electron chi connectivity index (χ4n) is 3.23. The van der Waals surface area contributed by atoms with Crippen LogP contribution in [0.25, 0.3) is 0 Å². The topological polar surface area (TPSA) is 24.5 Å². The summed E-state index contributed by atoms with van der Waals surface area (Å²) in [5.41, 5.74) is 2.83. The molecule has 0 bridgehead atoms. The molecule has 20 heavy (non-hydrogen) atoms. The lowest BCUT2D eigenvalue weighted by Gasteiger charge is -2.36. The summed E-state index contributed by atoms with van der Waals surface area (Å²) < 4.78 is 5.37. The van der Waals surface area contributed by atoms with Gasteiger partial charge in [0.2, 0.25) is 0 Å². The molecule has 0 amide bonds. The van der Waals surface area contributed by atoms with Crippen molar-refractivity contribution in [1.82, 2.24) is 10.2 Å². The predicted octanol–water partition coefficient (Wildman–Crippen LogP) is 2.86. The summed E-state index contributed by atoms with van der Waals surface area (Å²) >= 11 is 0. The Morgan fingerprint density at radius 2 is 2.00 bits per heavy atom. The van der Waals surface area contributed by atoms with Crippen LogP contribution < -0.4 is 10.1 Å². The number of benzene rings is 1. The first-order valence-corrected chi connectivity index (χ1v) is 7.55. The van der Waals surface area contributed by atoms with Gasteiger partial charge in [0.1, 0.15) is 5.75 Å². The molecule has 3 nitrogen and oxygen atoms in total. The Hall–Kier alpha value is -1.06. The van der Waals surface area contributed by atoms with E-state index >= 15 is 0 Å². The number of fused-ring (bicyclic) bond motifs is 1. The minimum absolute atomic E-state index is 0.381. The quantitative estimate of drug-likeness (QED) is 0.895. The number of nitrogens with one attached hydrogen (secondary N) is 1. The summed E-state index contributed by atoms with van der Waals surface area (Å²) in [4.78, 5) is 2.53. The molecule has 0 radical (unpaired) electrons. The zero-order valence-corrected chi connectivity index (χ0v) is 13.6. The lowest BCUT2D eigenvalue weighted by atomic mass is 10.00. The van der Waals surface area contributed by atoms with Gasteiger partial charge in [-0.25, -0.2) is 0 Å². The van der Waals surface area contributed by atoms with E-state index in [-0.39, 0.29) is 0 Å². The van der Waals surface area contributed by atoms with Crippen LogP contribution in [0.5, 0.6) is 5.75 Å². The van der Waals surface area contributed by atoms with Crippen molar-refractivity contribution in [3.8, 4) is 5.75 Å². The van der Waals surface area contributed by atoms with Crippen molar-refractivity contribution >= 4 is 0 Å². The van der Waals surface area contributed by atoms with Gasteiger partial charge < -0.3 is 10.1 Å². The Bertz CT molecular complexity index is 458. The highest BCUT2D eigenvalue weighted by molar-refractivity contribution is 5.42. The molecule has 0 heterocycles. The van der Waals surface area contributed by atoms with Crippen LogP contribution in [0.4, 0.5) is 0 Å². The number of rotatable bonds is 5. The molecule has 3 unspecified atom stereocenters. The summed E-state index contributed by atoms with van der Waals surface area (Å²) in [6.07, 6.45) is 1.11. The van der Waals surface area contributed by atoms with Gasteiger partial charge in [-0.05, 0) is 56.6 Å². The fourth-order valence-corrected chi connectivity index (χ4v) is 3.23. The van der Waals surface area contributed by atoms with Gasteiger partial charge in [-0.1, -0.05) is 19.9 Å². The molecular formula is C17H28N2O. The smallest absolute Gasteiger partial charge is 0.119 e. The molecule has 2 rings (SSSR count). The Labute approximate surface area is 123 Å². The molecular weight excluding hydrogens is 248 g/mol. The standard InChI is InChI=1S/C17H28N2O/c1-11(2)12(3)19(5)16-9-13-7-8-14(20-6)10-15(13)17(16)18-4/h7-8,10-12,16-18H,9H2,1-6H3. The third-order valence-electron chi connectivity index (χ3n) is 4.94. The molecule has 0 aliphatic heterocycles. The van der Waals surface area contributed by atoms with E-state index in [1.807, 2.05) is 0 Å². The lowest BCUT2D eigenvalue weighted by molar-refractivity contribution is 0.128. The summed E-state index contributed by atoms with van der Waals surface area (Å²) in [6.45, 7) is 6.91. The summed E-state index contributed by atoms with van der Waals surface area (Å²) in [7, 11) is 6.04. The molecule has 0 spiro atoms. The van der Waals surface area contributed by atoms with E-state index in [9.17, 15) is 0 Å². The number of nitrogens with zero attached hydrogens (tertiary/aromatic N) is 1. The SMILES string of the molecule is CNC1c2cc(OC)ccc2CC1N(C)C(C)C(C)C. The van der Waals surface area contributed by atoms with Crippen molar-refractivity contribution < 1.29 is 4.74 Å². The summed E-state index contributed by atoms with van der Waals surface area (Å²) in [5, 5.41) is 3.50. The third kappa shape index (κ3) is 2.70. The van der Waals surface area contributed by atoms with Crippen molar-refractivity contribution in [1.29, 1.82) is 0 Å². The van der Waals surface area contributed by atoms with Gasteiger partial charge in [-0.2, -0.15) is 0 Å². The Morgan fingerprint density at radius 3 is 2.55 bits per heavy atom. The number of ether oxygens (including phenoxy) is 1. The zero-order chi connectivity index (χ0) is 14.9. The summed E-state index contributed by atoms with van der Waals surface area (Å²) in [5.74, 6) is 1.61. The van der Waals surface area contributed by atoms with Gasteiger partial charge in [0.05, 0.1) is 7.11 Å². The van der Waals surface area contributed by atoms with Crippen molar-refractivity contribution in [2.75, 3.05) is 21.2 Å². The minimum Gasteiger partial charge on any atom is -0.497 e. The molecule has 1 aromatic carbocycles. The molecule has 1 aliphatic carbocycles. The second kappa shape index (κ2) is 6.15. The largest absolute Gasteiger partial charge is 0.497 e. The number of likely N-dealkylation sites (N-methyl/N-ethyl adjacent to an activating group) is 2. The highest BCUT2D eigenvalue weighted by Gasteiger charge is 2.36. The molecule has 3 atom stereocenters. The number of hydrogen-bond acceptors (Lipinski definition) is 3. The third-order valence-corrected chi connectivity index (χ3v) is 4.94. The van der Waals surface area contributed by atoms with Gasteiger partial charge in [0, 0.05) is 18.1 Å². The highest BCUT2D eigenvalue weighted by Crippen LogP contribution is 2.37. The van der Waals surface area contributed by atoms with Gasteiger partial charge in [0.15, 0.2) is 0 Å². The van der Waals surface area contributed by atoms with E-state index in [0.717, 1.165) is 12.2 Å². The van der Waals surface area contributed by atoms with Crippen molar-refractivity contribution in [3.63, 3.8) is 0 Å². The molecule has 0 saturated heterocycles. The van der Waals surface area contributed by atoms with E-state index in [1.165, 1.54) is 11.1 Å². The van der Waals surface area contributed by atoms with Crippen LogP contribution in [0.3, 0.4) is 0 Å². The first kappa shape index (κ1) is 15.3. The van der Waals surface area contributed by atoms with Crippen LogP contribution in [0.2, 0.25) is 0 Å². The Balaban J connectivity index is 2.26. The molecule has 0 aromatic heterocycles. The Kier molecular flexibility index (Phi) is 4.71. The van der Waals surface area contributed by atoms with Crippen molar-refractivity contribution in [3.05, 3.63) is 29.3 Å². The number of hydrogen-bond donors (Lipinski definition) is 1. The van der Waals surface area contributed by atoms with Crippen molar-refractivity contribution in [2.24, 2.45) is 5.92 Å². The molecule has 0 saturated carbocycles. The van der Waals surface area contributed by atoms with Crippen LogP contribution >= 0.6 is 0 Å². The molecule has 1 aliphatic rings. The predicted molar refractivity (Wildman–Crippen MR) is 84.3 cm³/mol. The van der Waals surface area contributed by atoms with Crippen LogP contribution in [-0.4, -0.2) is 38.2 Å². The van der Waals surface area contributed by atoms with Crippen LogP contribution in [0.1, 0.15) is 37.9 Å². The molecule has 1 N–H and O–H groups in total. The second-order valence-corrected chi connectivity index (χ2v) is 6.25. The van der Waals surface area contributed by atoms with Crippen LogP contribution in [0, 0.1) is 5.92 Å². The molecule has 3 heteroatoms.